The Morgan fingerprint density at radius 2 is 2.00 bits per heavy atom. The molecule has 0 saturated heterocycles. The maximum atomic E-state index is 13.1. The van der Waals surface area contributed by atoms with E-state index >= 15 is 0 Å². The van der Waals surface area contributed by atoms with Gasteiger partial charge in [-0.05, 0) is 42.9 Å². The van der Waals surface area contributed by atoms with E-state index in [1.54, 1.807) is 32.5 Å². The lowest BCUT2D eigenvalue weighted by atomic mass is 10.0. The minimum Gasteiger partial charge on any atom is -0.496 e. The molecule has 0 fully saturated rings. The fourth-order valence-electron chi connectivity index (χ4n) is 4.72. The van der Waals surface area contributed by atoms with E-state index in [0.717, 1.165) is 17.7 Å². The SMILES string of the molecule is COc1cc2[nH]c(-c3ccc4c(c3)C(N(C)C)C(OC)C4)cc(=O)c2cc1-c1cnco1. The number of benzene rings is 2. The van der Waals surface area contributed by atoms with E-state index in [2.05, 4.69) is 47.2 Å². The number of aromatic nitrogens is 2. The lowest BCUT2D eigenvalue weighted by Crippen LogP contribution is -2.29. The van der Waals surface area contributed by atoms with Crippen LogP contribution in [0.4, 0.5) is 0 Å². The van der Waals surface area contributed by atoms with E-state index in [1.807, 2.05) is 6.07 Å². The van der Waals surface area contributed by atoms with Crippen molar-refractivity contribution < 1.29 is 13.9 Å². The van der Waals surface area contributed by atoms with Gasteiger partial charge in [0, 0.05) is 36.7 Å². The molecule has 0 radical (unpaired) electrons. The van der Waals surface area contributed by atoms with Crippen molar-refractivity contribution in [3.63, 3.8) is 0 Å². The maximum absolute atomic E-state index is 13.1. The largest absolute Gasteiger partial charge is 0.496 e. The smallest absolute Gasteiger partial charge is 0.190 e. The fourth-order valence-corrected chi connectivity index (χ4v) is 4.72. The summed E-state index contributed by atoms with van der Waals surface area (Å²) >= 11 is 0. The number of fused-ring (bicyclic) bond motifs is 2. The van der Waals surface area contributed by atoms with Crippen LogP contribution in [-0.4, -0.2) is 49.3 Å². The number of pyridine rings is 1. The van der Waals surface area contributed by atoms with Crippen molar-refractivity contribution in [1.82, 2.24) is 14.9 Å². The zero-order chi connectivity index (χ0) is 22.4. The van der Waals surface area contributed by atoms with Gasteiger partial charge in [0.25, 0.3) is 0 Å². The first-order valence-electron chi connectivity index (χ1n) is 10.5. The number of nitrogens with one attached hydrogen (secondary N) is 1. The van der Waals surface area contributed by atoms with Crippen molar-refractivity contribution in [2.24, 2.45) is 0 Å². The zero-order valence-electron chi connectivity index (χ0n) is 18.5. The van der Waals surface area contributed by atoms with E-state index < -0.39 is 0 Å². The van der Waals surface area contributed by atoms with Crippen molar-refractivity contribution in [3.8, 4) is 28.3 Å². The summed E-state index contributed by atoms with van der Waals surface area (Å²) < 4.78 is 16.7. The van der Waals surface area contributed by atoms with E-state index in [9.17, 15) is 4.79 Å². The second kappa shape index (κ2) is 7.93. The molecule has 2 aromatic carbocycles. The third-order valence-corrected chi connectivity index (χ3v) is 6.26. The van der Waals surface area contributed by atoms with Crippen LogP contribution < -0.4 is 10.2 Å². The van der Waals surface area contributed by atoms with Crippen LogP contribution in [0.2, 0.25) is 0 Å². The molecule has 2 unspecified atom stereocenters. The molecule has 0 spiro atoms. The van der Waals surface area contributed by atoms with Gasteiger partial charge >= 0.3 is 0 Å². The highest BCUT2D eigenvalue weighted by Crippen LogP contribution is 2.39. The molecule has 0 bridgehead atoms. The molecule has 164 valence electrons. The monoisotopic (exact) mass is 431 g/mol. The number of hydrogen-bond donors (Lipinski definition) is 1. The predicted molar refractivity (Wildman–Crippen MR) is 123 cm³/mol. The molecule has 1 N–H and O–H groups in total. The lowest BCUT2D eigenvalue weighted by molar-refractivity contribution is 0.0436. The second-order valence-corrected chi connectivity index (χ2v) is 8.31. The molecule has 1 aliphatic carbocycles. The van der Waals surface area contributed by atoms with Crippen molar-refractivity contribution >= 4 is 10.9 Å². The number of ether oxygens (including phenoxy) is 2. The molecular formula is C25H25N3O4. The first-order chi connectivity index (χ1) is 15.5. The number of aromatic amines is 1. The molecule has 1 aliphatic rings. The van der Waals surface area contributed by atoms with Crippen LogP contribution in [0.3, 0.4) is 0 Å². The third-order valence-electron chi connectivity index (χ3n) is 6.26. The summed E-state index contributed by atoms with van der Waals surface area (Å²) in [6.45, 7) is 0. The third kappa shape index (κ3) is 3.30. The Hall–Kier alpha value is -3.42. The van der Waals surface area contributed by atoms with Gasteiger partial charge in [-0.15, -0.1) is 0 Å². The molecule has 4 aromatic rings. The van der Waals surface area contributed by atoms with Gasteiger partial charge in [0.15, 0.2) is 17.6 Å². The summed E-state index contributed by atoms with van der Waals surface area (Å²) in [4.78, 5) is 22.6. The van der Waals surface area contributed by atoms with E-state index in [1.165, 1.54) is 17.5 Å². The number of rotatable bonds is 5. The minimum atomic E-state index is -0.0726. The molecule has 0 amide bonds. The van der Waals surface area contributed by atoms with Crippen LogP contribution in [0, 0.1) is 0 Å². The van der Waals surface area contributed by atoms with Gasteiger partial charge in [0.1, 0.15) is 5.75 Å². The average molecular weight is 431 g/mol. The van der Waals surface area contributed by atoms with E-state index in [0.29, 0.717) is 28.0 Å². The van der Waals surface area contributed by atoms with Gasteiger partial charge in [-0.3, -0.25) is 4.79 Å². The number of H-pyrrole nitrogens is 1. The summed E-state index contributed by atoms with van der Waals surface area (Å²) in [5.74, 6) is 1.15. The summed E-state index contributed by atoms with van der Waals surface area (Å²) in [5, 5.41) is 0.563. The fraction of sp³-hybridized carbons (Fsp3) is 0.280. The van der Waals surface area contributed by atoms with Gasteiger partial charge in [-0.2, -0.15) is 0 Å². The van der Waals surface area contributed by atoms with Crippen LogP contribution >= 0.6 is 0 Å². The molecule has 2 atom stereocenters. The lowest BCUT2D eigenvalue weighted by Gasteiger charge is -2.26. The highest BCUT2D eigenvalue weighted by Gasteiger charge is 2.34. The number of hydrogen-bond acceptors (Lipinski definition) is 6. The van der Waals surface area contributed by atoms with E-state index in [4.69, 9.17) is 13.9 Å². The summed E-state index contributed by atoms with van der Waals surface area (Å²) in [6.07, 6.45) is 3.95. The second-order valence-electron chi connectivity index (χ2n) is 8.31. The average Bonchev–Trinajstić information content (AvgIpc) is 3.45. The predicted octanol–water partition coefficient (Wildman–Crippen LogP) is 4.03. The molecule has 2 heterocycles. The number of nitrogens with zero attached hydrogens (tertiary/aromatic N) is 2. The van der Waals surface area contributed by atoms with Gasteiger partial charge < -0.3 is 23.8 Å². The number of methoxy groups -OCH3 is 2. The number of oxazole rings is 1. The van der Waals surface area contributed by atoms with E-state index in [-0.39, 0.29) is 17.6 Å². The van der Waals surface area contributed by atoms with Gasteiger partial charge in [0.05, 0.1) is 36.5 Å². The summed E-state index contributed by atoms with van der Waals surface area (Å²) in [6, 6.07) is 11.8. The zero-order valence-corrected chi connectivity index (χ0v) is 18.5. The van der Waals surface area contributed by atoms with Crippen molar-refractivity contribution in [2.45, 2.75) is 18.6 Å². The minimum absolute atomic E-state index is 0.0726. The Kier molecular flexibility index (Phi) is 5.07. The summed E-state index contributed by atoms with van der Waals surface area (Å²) in [5.41, 5.74) is 5.55. The highest BCUT2D eigenvalue weighted by atomic mass is 16.5. The van der Waals surface area contributed by atoms with Crippen LogP contribution in [0.25, 0.3) is 33.5 Å². The maximum Gasteiger partial charge on any atom is 0.190 e. The van der Waals surface area contributed by atoms with Crippen molar-refractivity contribution in [2.75, 3.05) is 28.3 Å². The van der Waals surface area contributed by atoms with Crippen LogP contribution in [-0.2, 0) is 11.2 Å². The highest BCUT2D eigenvalue weighted by molar-refractivity contribution is 5.88. The van der Waals surface area contributed by atoms with Crippen molar-refractivity contribution in [3.05, 3.63) is 70.3 Å². The molecule has 0 aliphatic heterocycles. The summed E-state index contributed by atoms with van der Waals surface area (Å²) in [7, 11) is 7.48. The Morgan fingerprint density at radius 1 is 1.16 bits per heavy atom. The Balaban J connectivity index is 1.63. The van der Waals surface area contributed by atoms with Gasteiger partial charge in [-0.25, -0.2) is 4.98 Å². The number of likely N-dealkylation sites (N-methyl/N-ethyl adjacent to an activating group) is 1. The standard InChI is InChI=1S/C25H25N3O4/c1-28(2)25-16-7-15(6-5-14(16)8-23(25)31-4)19-10-21(29)17-9-18(24-12-26-13-32-24)22(30-3)11-20(17)27-19/h5-7,9-13,23,25H,8H2,1-4H3,(H,27,29). The van der Waals surface area contributed by atoms with Crippen LogP contribution in [0.5, 0.6) is 5.75 Å². The van der Waals surface area contributed by atoms with Gasteiger partial charge in [0.2, 0.25) is 0 Å². The van der Waals surface area contributed by atoms with Crippen LogP contribution in [0.1, 0.15) is 17.2 Å². The van der Waals surface area contributed by atoms with Crippen molar-refractivity contribution in [1.29, 1.82) is 0 Å². The molecule has 7 heteroatoms. The molecule has 2 aromatic heterocycles. The molecule has 5 rings (SSSR count). The molecular weight excluding hydrogens is 406 g/mol. The first-order valence-corrected chi connectivity index (χ1v) is 10.5. The normalized spacial score (nSPS) is 17.8. The Bertz CT molecular complexity index is 1340. The Morgan fingerprint density at radius 3 is 2.69 bits per heavy atom. The molecule has 32 heavy (non-hydrogen) atoms. The Labute approximate surface area is 185 Å². The molecule has 7 nitrogen and oxygen atoms in total. The molecule has 0 saturated carbocycles. The quantitative estimate of drug-likeness (QED) is 0.514. The topological polar surface area (TPSA) is 80.6 Å². The van der Waals surface area contributed by atoms with Gasteiger partial charge in [-0.1, -0.05) is 12.1 Å². The van der Waals surface area contributed by atoms with Crippen LogP contribution in [0.15, 0.2) is 58.2 Å². The first kappa shape index (κ1) is 20.5.